The van der Waals surface area contributed by atoms with Gasteiger partial charge in [-0.3, -0.25) is 0 Å². The highest BCUT2D eigenvalue weighted by molar-refractivity contribution is 5.88. The van der Waals surface area contributed by atoms with Crippen LogP contribution in [0.25, 0.3) is 0 Å². The van der Waals surface area contributed by atoms with E-state index in [0.29, 0.717) is 13.1 Å². The molecule has 0 aliphatic carbocycles. The zero-order chi connectivity index (χ0) is 12.3. The number of hydrogen-bond acceptors (Lipinski definition) is 2. The van der Waals surface area contributed by atoms with E-state index < -0.39 is 17.6 Å². The van der Waals surface area contributed by atoms with Crippen LogP contribution in [0.5, 0.6) is 0 Å². The van der Waals surface area contributed by atoms with Gasteiger partial charge in [0.2, 0.25) is 0 Å². The van der Waals surface area contributed by atoms with Crippen molar-refractivity contribution >= 4 is 11.7 Å². The van der Waals surface area contributed by atoms with E-state index in [4.69, 9.17) is 5.11 Å². The molecule has 0 heterocycles. The van der Waals surface area contributed by atoms with Gasteiger partial charge >= 0.3 is 5.97 Å². The zero-order valence-electron chi connectivity index (χ0n) is 9.13. The topological polar surface area (TPSA) is 40.5 Å². The molecule has 3 nitrogen and oxygen atoms in total. The summed E-state index contributed by atoms with van der Waals surface area (Å²) in [5.41, 5.74) is -0.555. The highest BCUT2D eigenvalue weighted by atomic mass is 19.1. The van der Waals surface area contributed by atoms with Crippen LogP contribution in [0.3, 0.4) is 0 Å². The Bertz CT molecular complexity index is 380. The molecular weight excluding hydrogens is 216 g/mol. The number of nitrogens with zero attached hydrogens (tertiary/aromatic N) is 1. The smallest absolute Gasteiger partial charge is 0.335 e. The average Bonchev–Trinajstić information content (AvgIpc) is 2.22. The van der Waals surface area contributed by atoms with Gasteiger partial charge in [0.25, 0.3) is 0 Å². The lowest BCUT2D eigenvalue weighted by Crippen LogP contribution is -2.24. The van der Waals surface area contributed by atoms with E-state index in [1.54, 1.807) is 13.8 Å². The number of aromatic carboxylic acids is 1. The van der Waals surface area contributed by atoms with E-state index >= 15 is 0 Å². The Morgan fingerprint density at radius 1 is 1.25 bits per heavy atom. The lowest BCUT2D eigenvalue weighted by atomic mass is 10.1. The van der Waals surface area contributed by atoms with Crippen LogP contribution >= 0.6 is 0 Å². The molecule has 1 rings (SSSR count). The fourth-order valence-corrected chi connectivity index (χ4v) is 1.53. The van der Waals surface area contributed by atoms with Crippen LogP contribution < -0.4 is 4.90 Å². The van der Waals surface area contributed by atoms with Crippen molar-refractivity contribution in [2.75, 3.05) is 18.0 Å². The maximum Gasteiger partial charge on any atom is 0.335 e. The van der Waals surface area contributed by atoms with E-state index in [2.05, 4.69) is 0 Å². The van der Waals surface area contributed by atoms with Crippen molar-refractivity contribution < 1.29 is 18.7 Å². The molecule has 1 N–H and O–H groups in total. The van der Waals surface area contributed by atoms with Crippen LogP contribution in [-0.2, 0) is 0 Å². The molecule has 0 radical (unpaired) electrons. The third-order valence-corrected chi connectivity index (χ3v) is 2.34. The Morgan fingerprint density at radius 2 is 1.69 bits per heavy atom. The fraction of sp³-hybridized carbons (Fsp3) is 0.364. The average molecular weight is 229 g/mol. The molecule has 0 unspecified atom stereocenters. The molecule has 0 bridgehead atoms. The van der Waals surface area contributed by atoms with Gasteiger partial charge in [-0.15, -0.1) is 0 Å². The van der Waals surface area contributed by atoms with Crippen LogP contribution in [0, 0.1) is 11.6 Å². The van der Waals surface area contributed by atoms with Crippen molar-refractivity contribution in [3.8, 4) is 0 Å². The minimum Gasteiger partial charge on any atom is -0.478 e. The van der Waals surface area contributed by atoms with Crippen LogP contribution in [0.1, 0.15) is 24.2 Å². The van der Waals surface area contributed by atoms with Crippen molar-refractivity contribution in [1.82, 2.24) is 0 Å². The van der Waals surface area contributed by atoms with Crippen molar-refractivity contribution in [2.24, 2.45) is 0 Å². The van der Waals surface area contributed by atoms with Gasteiger partial charge in [0.05, 0.1) is 5.56 Å². The molecule has 0 fully saturated rings. The van der Waals surface area contributed by atoms with Gasteiger partial charge in [0.15, 0.2) is 0 Å². The summed E-state index contributed by atoms with van der Waals surface area (Å²) in [4.78, 5) is 12.1. The number of benzene rings is 1. The van der Waals surface area contributed by atoms with Gasteiger partial charge in [0, 0.05) is 13.1 Å². The molecule has 0 amide bonds. The number of carboxylic acids is 1. The number of carbonyl (C=O) groups is 1. The summed E-state index contributed by atoms with van der Waals surface area (Å²) in [5.74, 6) is -3.04. The molecule has 5 heteroatoms. The largest absolute Gasteiger partial charge is 0.478 e. The first-order valence-corrected chi connectivity index (χ1v) is 4.98. The molecule has 1 aromatic carbocycles. The third-order valence-electron chi connectivity index (χ3n) is 2.34. The molecule has 0 atom stereocenters. The molecule has 0 spiro atoms. The lowest BCUT2D eigenvalue weighted by Gasteiger charge is -2.22. The number of halogens is 2. The van der Waals surface area contributed by atoms with Gasteiger partial charge in [-0.05, 0) is 26.0 Å². The van der Waals surface area contributed by atoms with Gasteiger partial charge in [0.1, 0.15) is 17.3 Å². The van der Waals surface area contributed by atoms with Crippen molar-refractivity contribution in [1.29, 1.82) is 0 Å². The third kappa shape index (κ3) is 2.29. The molecule has 0 aliphatic heterocycles. The summed E-state index contributed by atoms with van der Waals surface area (Å²) >= 11 is 0. The molecule has 16 heavy (non-hydrogen) atoms. The standard InChI is InChI=1S/C11H13F2NO2/c1-3-14(4-2)10-8(12)5-7(11(15)16)6-9(10)13/h5-6H,3-4H2,1-2H3,(H,15,16). The number of carboxylic acid groups (broad SMARTS) is 1. The Morgan fingerprint density at radius 3 is 2.00 bits per heavy atom. The predicted molar refractivity (Wildman–Crippen MR) is 56.9 cm³/mol. The van der Waals surface area contributed by atoms with Crippen LogP contribution in [0.2, 0.25) is 0 Å². The summed E-state index contributed by atoms with van der Waals surface area (Å²) in [6.07, 6.45) is 0. The first kappa shape index (κ1) is 12.4. The highest BCUT2D eigenvalue weighted by Gasteiger charge is 2.17. The molecule has 1 aromatic rings. The number of anilines is 1. The van der Waals surface area contributed by atoms with Gasteiger partial charge in [-0.25, -0.2) is 13.6 Å². The van der Waals surface area contributed by atoms with E-state index in [-0.39, 0.29) is 11.3 Å². The SMILES string of the molecule is CCN(CC)c1c(F)cc(C(=O)O)cc1F. The summed E-state index contributed by atoms with van der Waals surface area (Å²) in [6.45, 7) is 4.45. The predicted octanol–water partition coefficient (Wildman–Crippen LogP) is 2.51. The maximum absolute atomic E-state index is 13.6. The van der Waals surface area contributed by atoms with Gasteiger partial charge < -0.3 is 10.0 Å². The normalized spacial score (nSPS) is 10.2. The maximum atomic E-state index is 13.6. The van der Waals surface area contributed by atoms with Gasteiger partial charge in [-0.2, -0.15) is 0 Å². The molecule has 0 saturated heterocycles. The monoisotopic (exact) mass is 229 g/mol. The minimum atomic E-state index is -1.34. The second kappa shape index (κ2) is 4.92. The van der Waals surface area contributed by atoms with Crippen molar-refractivity contribution in [3.05, 3.63) is 29.3 Å². The summed E-state index contributed by atoms with van der Waals surface area (Å²) in [5, 5.41) is 8.63. The summed E-state index contributed by atoms with van der Waals surface area (Å²) in [6, 6.07) is 1.66. The van der Waals surface area contributed by atoms with E-state index in [0.717, 1.165) is 12.1 Å². The Hall–Kier alpha value is -1.65. The Kier molecular flexibility index (Phi) is 3.82. The van der Waals surface area contributed by atoms with E-state index in [1.165, 1.54) is 4.90 Å². The van der Waals surface area contributed by atoms with Crippen molar-refractivity contribution in [3.63, 3.8) is 0 Å². The minimum absolute atomic E-state index is 0.171. The number of rotatable bonds is 4. The van der Waals surface area contributed by atoms with Crippen molar-refractivity contribution in [2.45, 2.75) is 13.8 Å². The number of hydrogen-bond donors (Lipinski definition) is 1. The Balaban J connectivity index is 3.26. The molecule has 0 aromatic heterocycles. The summed E-state index contributed by atoms with van der Waals surface area (Å²) < 4.78 is 27.1. The highest BCUT2D eigenvalue weighted by Crippen LogP contribution is 2.24. The van der Waals surface area contributed by atoms with Crippen LogP contribution in [0.4, 0.5) is 14.5 Å². The van der Waals surface area contributed by atoms with Crippen LogP contribution in [0.15, 0.2) is 12.1 Å². The second-order valence-corrected chi connectivity index (χ2v) is 3.27. The quantitative estimate of drug-likeness (QED) is 0.862. The van der Waals surface area contributed by atoms with Crippen LogP contribution in [-0.4, -0.2) is 24.2 Å². The lowest BCUT2D eigenvalue weighted by molar-refractivity contribution is 0.0696. The molecule has 88 valence electrons. The second-order valence-electron chi connectivity index (χ2n) is 3.27. The molecule has 0 saturated carbocycles. The fourth-order valence-electron chi connectivity index (χ4n) is 1.53. The first-order chi connectivity index (χ1) is 7.51. The van der Waals surface area contributed by atoms with Gasteiger partial charge in [-0.1, -0.05) is 0 Å². The Labute approximate surface area is 92.3 Å². The zero-order valence-corrected chi connectivity index (χ0v) is 9.13. The first-order valence-electron chi connectivity index (χ1n) is 4.98. The molecular formula is C11H13F2NO2. The summed E-state index contributed by atoms with van der Waals surface area (Å²) in [7, 11) is 0. The van der Waals surface area contributed by atoms with E-state index in [1.807, 2.05) is 0 Å². The molecule has 0 aliphatic rings. The van der Waals surface area contributed by atoms with E-state index in [9.17, 15) is 13.6 Å².